The van der Waals surface area contributed by atoms with Crippen LogP contribution in [0.5, 0.6) is 11.5 Å². The molecule has 0 spiro atoms. The van der Waals surface area contributed by atoms with Crippen molar-refractivity contribution in [2.45, 2.75) is 17.8 Å². The summed E-state index contributed by atoms with van der Waals surface area (Å²) in [6, 6.07) is -1.52. The molecule has 0 saturated heterocycles. The summed E-state index contributed by atoms with van der Waals surface area (Å²) in [5.74, 6) is -8.70. The summed E-state index contributed by atoms with van der Waals surface area (Å²) in [5.41, 5.74) is -14.6. The topological polar surface area (TPSA) is 127 Å². The molecule has 2 aromatic rings. The van der Waals surface area contributed by atoms with Gasteiger partial charge in [-0.3, -0.25) is 20.2 Å². The fourth-order valence-corrected chi connectivity index (χ4v) is 2.94. The van der Waals surface area contributed by atoms with Crippen molar-refractivity contribution >= 4 is 11.4 Å². The maximum absolute atomic E-state index is 14.0. The number of halogens is 8. The molecule has 0 amide bonds. The lowest BCUT2D eigenvalue weighted by Gasteiger charge is -2.38. The van der Waals surface area contributed by atoms with Gasteiger partial charge in [0, 0.05) is 11.1 Å². The minimum absolute atomic E-state index is 0.190. The molecule has 0 bridgehead atoms. The Labute approximate surface area is 164 Å². The third-order valence-corrected chi connectivity index (χ3v) is 4.16. The van der Waals surface area contributed by atoms with Gasteiger partial charge in [-0.15, -0.1) is 0 Å². The molecule has 0 aliphatic heterocycles. The van der Waals surface area contributed by atoms with Crippen molar-refractivity contribution in [3.05, 3.63) is 67.3 Å². The van der Waals surface area contributed by atoms with E-state index in [0.29, 0.717) is 0 Å². The van der Waals surface area contributed by atoms with E-state index in [1.54, 1.807) is 0 Å². The van der Waals surface area contributed by atoms with E-state index in [9.17, 15) is 65.6 Å². The zero-order chi connectivity index (χ0) is 24.1. The Morgan fingerprint density at radius 3 is 1.19 bits per heavy atom. The number of nitrogens with zero attached hydrogens (tertiary/aromatic N) is 2. The molecule has 168 valence electrons. The van der Waals surface area contributed by atoms with Gasteiger partial charge in [-0.1, -0.05) is 0 Å². The van der Waals surface area contributed by atoms with Crippen LogP contribution in [-0.2, 0) is 5.41 Å². The number of aromatic hydroxyl groups is 2. The molecular formula is C15H6F8N2O6. The van der Waals surface area contributed by atoms with Gasteiger partial charge in [0.05, 0.1) is 22.0 Å². The highest BCUT2D eigenvalue weighted by Gasteiger charge is 2.75. The van der Waals surface area contributed by atoms with Gasteiger partial charge in [0.1, 0.15) is 11.6 Å². The van der Waals surface area contributed by atoms with E-state index < -0.39 is 85.4 Å². The van der Waals surface area contributed by atoms with Crippen molar-refractivity contribution in [1.82, 2.24) is 0 Å². The third kappa shape index (κ3) is 3.53. The predicted octanol–water partition coefficient (Wildman–Crippen LogP) is 4.60. The number of rotatable bonds is 4. The van der Waals surface area contributed by atoms with E-state index >= 15 is 0 Å². The molecule has 0 saturated carbocycles. The van der Waals surface area contributed by atoms with Gasteiger partial charge >= 0.3 is 23.7 Å². The van der Waals surface area contributed by atoms with Crippen molar-refractivity contribution in [1.29, 1.82) is 0 Å². The van der Waals surface area contributed by atoms with Crippen LogP contribution in [0, 0.1) is 31.9 Å². The molecule has 0 heterocycles. The second-order valence-electron chi connectivity index (χ2n) is 5.90. The van der Waals surface area contributed by atoms with Crippen LogP contribution < -0.4 is 0 Å². The SMILES string of the molecule is O=[N+]([O-])c1cc(F)cc(C(c2cc(F)cc([N+](=O)[O-])c2O)(C(F)(F)F)C(F)(F)F)c1O. The molecule has 2 N–H and O–H groups in total. The molecule has 0 aromatic heterocycles. The average Bonchev–Trinajstić information content (AvgIpc) is 2.57. The van der Waals surface area contributed by atoms with Crippen LogP contribution in [0.25, 0.3) is 0 Å². The number of nitro groups is 2. The van der Waals surface area contributed by atoms with E-state index in [4.69, 9.17) is 0 Å². The Morgan fingerprint density at radius 1 is 0.677 bits per heavy atom. The number of phenolic OH excluding ortho intramolecular Hbond substituents is 2. The first kappa shape index (κ1) is 23.6. The molecule has 8 nitrogen and oxygen atoms in total. The van der Waals surface area contributed by atoms with Gasteiger partial charge in [-0.25, -0.2) is 8.78 Å². The van der Waals surface area contributed by atoms with Gasteiger partial charge in [0.2, 0.25) is 5.41 Å². The number of hydrogen-bond acceptors (Lipinski definition) is 6. The monoisotopic (exact) mass is 462 g/mol. The molecule has 2 rings (SSSR count). The molecule has 0 unspecified atom stereocenters. The molecule has 0 atom stereocenters. The first-order chi connectivity index (χ1) is 14.0. The lowest BCUT2D eigenvalue weighted by Crippen LogP contribution is -2.55. The first-order valence-electron chi connectivity index (χ1n) is 7.45. The van der Waals surface area contributed by atoms with Crippen molar-refractivity contribution < 1.29 is 55.2 Å². The number of hydrogen-bond donors (Lipinski definition) is 2. The number of alkyl halides is 6. The zero-order valence-electron chi connectivity index (χ0n) is 14.3. The number of nitro benzene ring substituents is 2. The Bertz CT molecular complexity index is 997. The highest BCUT2D eigenvalue weighted by molar-refractivity contribution is 5.64. The largest absolute Gasteiger partial charge is 0.502 e. The lowest BCUT2D eigenvalue weighted by molar-refractivity contribution is -0.386. The fraction of sp³-hybridized carbons (Fsp3) is 0.200. The predicted molar refractivity (Wildman–Crippen MR) is 82.3 cm³/mol. The lowest BCUT2D eigenvalue weighted by atomic mass is 9.71. The molecule has 0 aliphatic carbocycles. The van der Waals surface area contributed by atoms with E-state index in [0.717, 1.165) is 0 Å². The second kappa shape index (κ2) is 7.21. The molecule has 0 radical (unpaired) electrons. The standard InChI is InChI=1S/C15H6F8N2O6/c16-5-1-7(11(26)9(3-5)24(28)29)13(14(18,19)20,15(21,22)23)8-2-6(17)4-10(12(8)27)25(30)31/h1-4,26-27H. The van der Waals surface area contributed by atoms with E-state index in [1.807, 2.05) is 0 Å². The highest BCUT2D eigenvalue weighted by Crippen LogP contribution is 2.61. The summed E-state index contributed by atoms with van der Waals surface area (Å²) in [4.78, 5) is 18.3. The van der Waals surface area contributed by atoms with Crippen LogP contribution in [0.4, 0.5) is 46.5 Å². The molecule has 31 heavy (non-hydrogen) atoms. The summed E-state index contributed by atoms with van der Waals surface area (Å²) >= 11 is 0. The molecule has 16 heteroatoms. The average molecular weight is 462 g/mol. The molecule has 2 aromatic carbocycles. The van der Waals surface area contributed by atoms with Crippen LogP contribution >= 0.6 is 0 Å². The summed E-state index contributed by atoms with van der Waals surface area (Å²) < 4.78 is 112. The number of phenols is 2. The maximum atomic E-state index is 14.0. The Morgan fingerprint density at radius 2 is 0.968 bits per heavy atom. The van der Waals surface area contributed by atoms with Gasteiger partial charge in [-0.05, 0) is 12.1 Å². The van der Waals surface area contributed by atoms with Crippen molar-refractivity contribution in [2.75, 3.05) is 0 Å². The minimum atomic E-state index is -6.69. The molecule has 0 fully saturated rings. The van der Waals surface area contributed by atoms with Crippen LogP contribution in [0.15, 0.2) is 24.3 Å². The quantitative estimate of drug-likeness (QED) is 0.389. The Balaban J connectivity index is 3.26. The summed E-state index contributed by atoms with van der Waals surface area (Å²) in [6.45, 7) is 0. The normalized spacial score (nSPS) is 12.6. The summed E-state index contributed by atoms with van der Waals surface area (Å²) in [5, 5.41) is 41.4. The van der Waals surface area contributed by atoms with E-state index in [1.165, 1.54) is 0 Å². The van der Waals surface area contributed by atoms with Crippen molar-refractivity contribution in [3.8, 4) is 11.5 Å². The molecular weight excluding hydrogens is 456 g/mol. The first-order valence-corrected chi connectivity index (χ1v) is 7.45. The van der Waals surface area contributed by atoms with Crippen molar-refractivity contribution in [3.63, 3.8) is 0 Å². The smallest absolute Gasteiger partial charge is 0.411 e. The Hall–Kier alpha value is -3.72. The van der Waals surface area contributed by atoms with Gasteiger partial charge in [-0.2, -0.15) is 26.3 Å². The maximum Gasteiger partial charge on any atom is 0.411 e. The highest BCUT2D eigenvalue weighted by atomic mass is 19.4. The van der Waals surface area contributed by atoms with E-state index in [2.05, 4.69) is 0 Å². The minimum Gasteiger partial charge on any atom is -0.502 e. The molecule has 0 aliphatic rings. The van der Waals surface area contributed by atoms with E-state index in [-0.39, 0.29) is 12.1 Å². The van der Waals surface area contributed by atoms with Crippen LogP contribution in [0.3, 0.4) is 0 Å². The second-order valence-corrected chi connectivity index (χ2v) is 5.90. The van der Waals surface area contributed by atoms with Crippen molar-refractivity contribution in [2.24, 2.45) is 0 Å². The van der Waals surface area contributed by atoms with Gasteiger partial charge in [0.15, 0.2) is 11.5 Å². The van der Waals surface area contributed by atoms with Gasteiger partial charge in [0.25, 0.3) is 0 Å². The summed E-state index contributed by atoms with van der Waals surface area (Å²) in [6.07, 6.45) is -13.4. The zero-order valence-corrected chi connectivity index (χ0v) is 14.3. The number of benzene rings is 2. The van der Waals surface area contributed by atoms with Gasteiger partial charge < -0.3 is 10.2 Å². The van der Waals surface area contributed by atoms with Crippen LogP contribution in [-0.4, -0.2) is 32.4 Å². The van der Waals surface area contributed by atoms with Crippen LogP contribution in [0.2, 0.25) is 0 Å². The fourth-order valence-electron chi connectivity index (χ4n) is 2.94. The Kier molecular flexibility index (Phi) is 5.48. The van der Waals surface area contributed by atoms with Crippen LogP contribution in [0.1, 0.15) is 11.1 Å². The third-order valence-electron chi connectivity index (χ3n) is 4.16. The summed E-state index contributed by atoms with van der Waals surface area (Å²) in [7, 11) is 0.